The summed E-state index contributed by atoms with van der Waals surface area (Å²) < 4.78 is 50.5. The molecule has 9 nitrogen and oxygen atoms in total. The Labute approximate surface area is 189 Å². The van der Waals surface area contributed by atoms with Gasteiger partial charge >= 0.3 is 17.8 Å². The molecular formula is C20H28F3N3O6Si. The minimum absolute atomic E-state index is 0.0352. The van der Waals surface area contributed by atoms with Crippen molar-refractivity contribution in [2.45, 2.75) is 76.0 Å². The van der Waals surface area contributed by atoms with E-state index in [1.807, 2.05) is 24.0 Å². The third-order valence-corrected chi connectivity index (χ3v) is 10.4. The number of H-pyrrole nitrogens is 1. The first-order chi connectivity index (χ1) is 15.0. The van der Waals surface area contributed by atoms with E-state index in [1.165, 1.54) is 5.32 Å². The molecule has 0 aliphatic carbocycles. The molecule has 0 bridgehead atoms. The van der Waals surface area contributed by atoms with E-state index in [0.717, 1.165) is 10.8 Å². The zero-order chi connectivity index (χ0) is 25.4. The van der Waals surface area contributed by atoms with Gasteiger partial charge in [-0.2, -0.15) is 13.2 Å². The molecule has 33 heavy (non-hydrogen) atoms. The van der Waals surface area contributed by atoms with Crippen molar-refractivity contribution in [3.05, 3.63) is 32.6 Å². The molecule has 184 valence electrons. The largest absolute Gasteiger partial charge is 0.471 e. The monoisotopic (exact) mass is 491 g/mol. The van der Waals surface area contributed by atoms with Crippen LogP contribution in [0.4, 0.5) is 13.2 Å². The summed E-state index contributed by atoms with van der Waals surface area (Å²) in [5.74, 6) is -0.440. The SMILES string of the molecule is C#CC(NC(=O)C(F)(F)F)c1cn([C@H]2C[C@H](O)[C@@H](CO[Si](C)(C)C(C)(C)C)O2)c(=O)[nH]c1=O. The number of aliphatic hydroxyl groups excluding tert-OH is 1. The van der Waals surface area contributed by atoms with Gasteiger partial charge in [0.1, 0.15) is 18.4 Å². The number of alkyl halides is 3. The first-order valence-electron chi connectivity index (χ1n) is 10.1. The Kier molecular flexibility index (Phi) is 7.69. The highest BCUT2D eigenvalue weighted by Crippen LogP contribution is 2.37. The normalized spacial score (nSPS) is 22.6. The highest BCUT2D eigenvalue weighted by atomic mass is 28.4. The van der Waals surface area contributed by atoms with Crippen LogP contribution in [-0.4, -0.2) is 53.9 Å². The minimum Gasteiger partial charge on any atom is -0.414 e. The summed E-state index contributed by atoms with van der Waals surface area (Å²) in [7, 11) is -2.14. The lowest BCUT2D eigenvalue weighted by Crippen LogP contribution is -2.44. The van der Waals surface area contributed by atoms with Crippen molar-refractivity contribution < 1.29 is 32.2 Å². The van der Waals surface area contributed by atoms with Crippen LogP contribution < -0.4 is 16.6 Å². The van der Waals surface area contributed by atoms with Gasteiger partial charge in [0.25, 0.3) is 5.56 Å². The van der Waals surface area contributed by atoms with Crippen LogP contribution in [0.5, 0.6) is 0 Å². The number of carbonyl (C=O) groups excluding carboxylic acids is 1. The summed E-state index contributed by atoms with van der Waals surface area (Å²) in [4.78, 5) is 37.7. The van der Waals surface area contributed by atoms with Crippen LogP contribution in [-0.2, 0) is 14.0 Å². The second-order valence-electron chi connectivity index (χ2n) is 9.33. The number of rotatable bonds is 6. The van der Waals surface area contributed by atoms with E-state index in [9.17, 15) is 32.7 Å². The average Bonchev–Trinajstić information content (AvgIpc) is 3.03. The Morgan fingerprint density at radius 3 is 2.55 bits per heavy atom. The van der Waals surface area contributed by atoms with Crippen molar-refractivity contribution in [2.75, 3.05) is 6.61 Å². The minimum atomic E-state index is -5.22. The number of halogens is 3. The van der Waals surface area contributed by atoms with Crippen molar-refractivity contribution >= 4 is 14.2 Å². The van der Waals surface area contributed by atoms with Gasteiger partial charge in [0, 0.05) is 12.6 Å². The lowest BCUT2D eigenvalue weighted by Gasteiger charge is -2.37. The first kappa shape index (κ1) is 26.8. The fraction of sp³-hybridized carbons (Fsp3) is 0.650. The Bertz CT molecular complexity index is 1040. The van der Waals surface area contributed by atoms with Crippen molar-refractivity contribution in [3.63, 3.8) is 0 Å². The van der Waals surface area contributed by atoms with E-state index in [2.05, 4.69) is 20.8 Å². The lowest BCUT2D eigenvalue weighted by atomic mass is 10.1. The summed E-state index contributed by atoms with van der Waals surface area (Å²) in [6.07, 6.45) is -1.90. The number of hydrogen-bond acceptors (Lipinski definition) is 6. The molecule has 1 fully saturated rings. The smallest absolute Gasteiger partial charge is 0.414 e. The molecule has 0 aromatic carbocycles. The summed E-state index contributed by atoms with van der Waals surface area (Å²) >= 11 is 0. The number of terminal acetylenes is 1. The molecular weight excluding hydrogens is 463 g/mol. The quantitative estimate of drug-likeness (QED) is 0.410. The fourth-order valence-electron chi connectivity index (χ4n) is 2.89. The summed E-state index contributed by atoms with van der Waals surface area (Å²) in [5, 5.41) is 11.9. The fourth-order valence-corrected chi connectivity index (χ4v) is 3.90. The number of aromatic amines is 1. The van der Waals surface area contributed by atoms with Crippen LogP contribution in [0.15, 0.2) is 15.8 Å². The van der Waals surface area contributed by atoms with Crippen LogP contribution >= 0.6 is 0 Å². The Morgan fingerprint density at radius 2 is 2.03 bits per heavy atom. The van der Waals surface area contributed by atoms with Gasteiger partial charge in [0.05, 0.1) is 18.3 Å². The molecule has 1 aliphatic rings. The Balaban J connectivity index is 2.26. The number of hydrogen-bond donors (Lipinski definition) is 3. The van der Waals surface area contributed by atoms with Crippen molar-refractivity contribution in [1.29, 1.82) is 0 Å². The van der Waals surface area contributed by atoms with E-state index in [1.54, 1.807) is 0 Å². The van der Waals surface area contributed by atoms with E-state index >= 15 is 0 Å². The highest BCUT2D eigenvalue weighted by molar-refractivity contribution is 6.74. The van der Waals surface area contributed by atoms with E-state index in [4.69, 9.17) is 15.6 Å². The maximum absolute atomic E-state index is 12.6. The standard InChI is InChI=1S/C20H28F3N3O6Si/c1-7-12(24-17(29)20(21,22)23)11-9-26(18(30)25-16(11)28)15-8-13(27)14(32-15)10-31-33(5,6)19(2,3)4/h1,9,12-15,27H,8,10H2,2-6H3,(H,24,29)(H,25,28,30)/t12?,13-,14+,15+/m0/s1. The molecule has 2 rings (SSSR count). The number of amides is 1. The van der Waals surface area contributed by atoms with E-state index < -0.39 is 61.7 Å². The molecule has 1 aromatic heterocycles. The molecule has 0 spiro atoms. The second-order valence-corrected chi connectivity index (χ2v) is 14.1. The predicted molar refractivity (Wildman–Crippen MR) is 115 cm³/mol. The van der Waals surface area contributed by atoms with Crippen LogP contribution in [0, 0.1) is 12.3 Å². The molecule has 13 heteroatoms. The molecule has 4 atom stereocenters. The number of ether oxygens (including phenoxy) is 1. The van der Waals surface area contributed by atoms with E-state index in [0.29, 0.717) is 0 Å². The number of nitrogens with zero attached hydrogens (tertiary/aromatic N) is 1. The molecule has 1 aromatic rings. The van der Waals surface area contributed by atoms with E-state index in [-0.39, 0.29) is 18.1 Å². The maximum Gasteiger partial charge on any atom is 0.471 e. The molecule has 1 saturated heterocycles. The van der Waals surface area contributed by atoms with Crippen molar-refractivity contribution in [1.82, 2.24) is 14.9 Å². The van der Waals surface area contributed by atoms with Gasteiger partial charge < -0.3 is 19.6 Å². The molecule has 1 unspecified atom stereocenters. The van der Waals surface area contributed by atoms with Gasteiger partial charge in [-0.1, -0.05) is 26.7 Å². The van der Waals surface area contributed by atoms with Crippen molar-refractivity contribution in [2.24, 2.45) is 0 Å². The third-order valence-electron chi connectivity index (χ3n) is 5.93. The summed E-state index contributed by atoms with van der Waals surface area (Å²) in [5.41, 5.74) is -2.43. The Morgan fingerprint density at radius 1 is 1.42 bits per heavy atom. The lowest BCUT2D eigenvalue weighted by molar-refractivity contribution is -0.174. The van der Waals surface area contributed by atoms with Crippen LogP contribution in [0.3, 0.4) is 0 Å². The highest BCUT2D eigenvalue weighted by Gasteiger charge is 2.42. The zero-order valence-corrected chi connectivity index (χ0v) is 19.9. The molecule has 3 N–H and O–H groups in total. The second kappa shape index (κ2) is 9.45. The summed E-state index contributed by atoms with van der Waals surface area (Å²) in [6, 6.07) is -1.75. The molecule has 2 heterocycles. The number of aromatic nitrogens is 2. The van der Waals surface area contributed by atoms with Gasteiger partial charge in [-0.05, 0) is 18.1 Å². The number of nitrogens with one attached hydrogen (secondary N) is 2. The average molecular weight is 492 g/mol. The summed E-state index contributed by atoms with van der Waals surface area (Å²) in [6.45, 7) is 10.3. The molecule has 1 amide bonds. The molecule has 0 saturated carbocycles. The number of aliphatic hydroxyl groups is 1. The van der Waals surface area contributed by atoms with Gasteiger partial charge in [-0.25, -0.2) is 4.79 Å². The first-order valence-corrected chi connectivity index (χ1v) is 13.1. The molecule has 0 radical (unpaired) electrons. The maximum atomic E-state index is 12.6. The van der Waals surface area contributed by atoms with Crippen molar-refractivity contribution in [3.8, 4) is 12.3 Å². The van der Waals surface area contributed by atoms with Gasteiger partial charge in [-0.3, -0.25) is 19.1 Å². The number of carbonyl (C=O) groups is 1. The van der Waals surface area contributed by atoms with Crippen LogP contribution in [0.1, 0.15) is 45.0 Å². The van der Waals surface area contributed by atoms with Gasteiger partial charge in [0.15, 0.2) is 8.32 Å². The third kappa shape index (κ3) is 6.14. The zero-order valence-electron chi connectivity index (χ0n) is 18.9. The van der Waals surface area contributed by atoms with Gasteiger partial charge in [0.2, 0.25) is 0 Å². The van der Waals surface area contributed by atoms with Crippen LogP contribution in [0.2, 0.25) is 18.1 Å². The molecule has 1 aliphatic heterocycles. The van der Waals surface area contributed by atoms with Crippen LogP contribution in [0.25, 0.3) is 0 Å². The topological polar surface area (TPSA) is 123 Å². The predicted octanol–water partition coefficient (Wildman–Crippen LogP) is 1.56. The van der Waals surface area contributed by atoms with Gasteiger partial charge in [-0.15, -0.1) is 6.42 Å². The Hall–Kier alpha value is -2.40.